The van der Waals surface area contributed by atoms with Gasteiger partial charge in [0.2, 0.25) is 11.6 Å². The van der Waals surface area contributed by atoms with Gasteiger partial charge in [-0.2, -0.15) is 0 Å². The number of imidazole rings is 2. The highest BCUT2D eigenvalue weighted by atomic mass is 16.6. The van der Waals surface area contributed by atoms with Gasteiger partial charge in [-0.25, -0.2) is 9.97 Å². The van der Waals surface area contributed by atoms with Crippen LogP contribution in [0.4, 0.5) is 0 Å². The Morgan fingerprint density at radius 3 is 1.75 bits per heavy atom. The molecule has 312 valence electrons. The average molecular weight is 793 g/mol. The first-order valence-corrected chi connectivity index (χ1v) is 20.1. The zero-order valence-electron chi connectivity index (χ0n) is 34.4. The molecule has 0 aliphatic carbocycles. The number of nitrogens with zero attached hydrogens (tertiary/aromatic N) is 8. The van der Waals surface area contributed by atoms with Crippen LogP contribution in [0, 0.1) is 17.8 Å². The molecule has 3 aliphatic heterocycles. The maximum atomic E-state index is 11.7. The first-order valence-electron chi connectivity index (χ1n) is 20.1. The second-order valence-corrected chi connectivity index (χ2v) is 16.0. The Kier molecular flexibility index (Phi) is 13.2. The van der Waals surface area contributed by atoms with Crippen molar-refractivity contribution in [2.24, 2.45) is 24.8 Å². The van der Waals surface area contributed by atoms with Crippen molar-refractivity contribution in [3.05, 3.63) is 94.0 Å². The molecular weight excluding hydrogens is 732 g/mol. The monoisotopic (exact) mass is 792 g/mol. The third-order valence-corrected chi connectivity index (χ3v) is 11.7. The van der Waals surface area contributed by atoms with Gasteiger partial charge in [0.25, 0.3) is 11.1 Å². The molecular formula is C41H60N8O8. The molecule has 0 unspecified atom stereocenters. The molecule has 3 saturated heterocycles. The van der Waals surface area contributed by atoms with Crippen molar-refractivity contribution in [3.63, 3.8) is 0 Å². The van der Waals surface area contributed by atoms with Crippen LogP contribution in [0.2, 0.25) is 0 Å². The van der Waals surface area contributed by atoms with E-state index in [1.807, 2.05) is 20.8 Å². The molecule has 0 spiro atoms. The van der Waals surface area contributed by atoms with Gasteiger partial charge in [0, 0.05) is 80.2 Å². The molecule has 0 amide bonds. The summed E-state index contributed by atoms with van der Waals surface area (Å²) in [5.74, 6) is 2.11. The predicted molar refractivity (Wildman–Crippen MR) is 213 cm³/mol. The lowest BCUT2D eigenvalue weighted by Crippen LogP contribution is -2.44. The molecule has 8 rings (SSSR count). The minimum absolute atomic E-state index is 0.0226. The summed E-state index contributed by atoms with van der Waals surface area (Å²) in [5.41, 5.74) is 1.04. The highest BCUT2D eigenvalue weighted by molar-refractivity contribution is 5.31. The normalized spacial score (nSPS) is 29.6. The van der Waals surface area contributed by atoms with Crippen LogP contribution in [0.5, 0.6) is 0 Å². The van der Waals surface area contributed by atoms with Crippen LogP contribution in [-0.4, -0.2) is 102 Å². The average Bonchev–Trinajstić information content (AvgIpc) is 4.05. The molecule has 57 heavy (non-hydrogen) atoms. The van der Waals surface area contributed by atoms with Gasteiger partial charge < -0.3 is 34.1 Å². The van der Waals surface area contributed by atoms with E-state index >= 15 is 0 Å². The number of rotatable bonds is 8. The summed E-state index contributed by atoms with van der Waals surface area (Å²) in [5, 5.41) is 30.3. The summed E-state index contributed by atoms with van der Waals surface area (Å²) in [4.78, 5) is 34.1. The predicted octanol–water partition coefficient (Wildman–Crippen LogP) is 3.75. The van der Waals surface area contributed by atoms with E-state index in [1.54, 1.807) is 33.9 Å². The van der Waals surface area contributed by atoms with Gasteiger partial charge in [-0.3, -0.25) is 32.4 Å². The largest absolute Gasteiger partial charge is 0.388 e. The lowest BCUT2D eigenvalue weighted by Gasteiger charge is -2.38. The fourth-order valence-electron chi connectivity index (χ4n) is 8.42. The Labute approximate surface area is 332 Å². The Morgan fingerprint density at radius 2 is 1.30 bits per heavy atom. The SMILES string of the molecule is CC(C)[C@@H](c1cccn1C)N1[C@@H](C)OC[C@H]1C(C)C.CC[C@H]1O[C@@H](n2ccc(=O)n3ccnc23)[C@H](O)[C@@H]1C.CC[C@H]1O[C@@H](n2ccc(=O)n3ccnc23)[C@H](O)[C@@H]1O. The molecule has 11 atom stereocenters. The maximum Gasteiger partial charge on any atom is 0.258 e. The van der Waals surface area contributed by atoms with Gasteiger partial charge in [0.1, 0.15) is 24.5 Å². The number of aliphatic hydroxyl groups is 3. The van der Waals surface area contributed by atoms with Crippen molar-refractivity contribution in [2.75, 3.05) is 6.61 Å². The molecule has 0 saturated carbocycles. The van der Waals surface area contributed by atoms with E-state index in [0.29, 0.717) is 41.9 Å². The molecule has 16 nitrogen and oxygen atoms in total. The molecule has 5 aromatic rings. The quantitative estimate of drug-likeness (QED) is 0.209. The number of fused-ring (bicyclic) bond motifs is 2. The van der Waals surface area contributed by atoms with Gasteiger partial charge in [-0.05, 0) is 43.7 Å². The van der Waals surface area contributed by atoms with Crippen LogP contribution >= 0.6 is 0 Å². The third-order valence-electron chi connectivity index (χ3n) is 11.7. The minimum Gasteiger partial charge on any atom is -0.388 e. The van der Waals surface area contributed by atoms with E-state index in [2.05, 4.69) is 79.4 Å². The van der Waals surface area contributed by atoms with E-state index < -0.39 is 36.9 Å². The lowest BCUT2D eigenvalue weighted by atomic mass is 9.94. The Hall–Kier alpha value is -4.16. The summed E-state index contributed by atoms with van der Waals surface area (Å²) in [7, 11) is 2.14. The standard InChI is InChI=1S/C16H28N2O.C13H17N3O3.C12H15N3O4/c1-11(2)15-10-19-13(5)18(15)16(12(3)4)14-8-7-9-17(14)6;1-3-9-8(2)11(18)12(19-9)16-6-4-10(17)15-7-5-14-13(15)16;1-2-7-9(17)10(18)11(19-7)15-5-3-8(16)14-6-4-13-12(14)15/h7-9,11-13,15-16H,10H2,1-6H3;4-9,11-12,18H,3H2,1-2H3;3-7,9-11,17-18H,2H2,1H3/t13-,15+,16+;8-,9-,11-,12-;7-,9-,10-,11-/m111/s1. The first-order chi connectivity index (χ1) is 27.2. The van der Waals surface area contributed by atoms with Crippen LogP contribution < -0.4 is 11.1 Å². The van der Waals surface area contributed by atoms with Crippen molar-refractivity contribution >= 4 is 11.6 Å². The van der Waals surface area contributed by atoms with Crippen molar-refractivity contribution in [1.29, 1.82) is 0 Å². The number of hydrogen-bond acceptors (Lipinski definition) is 11. The summed E-state index contributed by atoms with van der Waals surface area (Å²) in [6, 6.07) is 8.14. The molecule has 5 aromatic heterocycles. The van der Waals surface area contributed by atoms with Crippen LogP contribution in [-0.2, 0) is 21.3 Å². The number of hydrogen-bond donors (Lipinski definition) is 3. The van der Waals surface area contributed by atoms with Crippen LogP contribution in [0.3, 0.4) is 0 Å². The van der Waals surface area contributed by atoms with E-state index in [-0.39, 0.29) is 29.4 Å². The van der Waals surface area contributed by atoms with Crippen molar-refractivity contribution in [1.82, 2.24) is 37.4 Å². The summed E-state index contributed by atoms with van der Waals surface area (Å²) in [6.07, 6.45) is 8.92. The van der Waals surface area contributed by atoms with E-state index in [0.717, 1.165) is 13.0 Å². The molecule has 8 heterocycles. The zero-order valence-corrected chi connectivity index (χ0v) is 34.4. The fourth-order valence-corrected chi connectivity index (χ4v) is 8.42. The molecule has 16 heteroatoms. The Balaban J connectivity index is 0.000000145. The lowest BCUT2D eigenvalue weighted by molar-refractivity contribution is -0.0362. The van der Waals surface area contributed by atoms with Crippen LogP contribution in [0.15, 0.2) is 77.2 Å². The molecule has 0 radical (unpaired) electrons. The van der Waals surface area contributed by atoms with E-state index in [1.165, 1.54) is 39.0 Å². The smallest absolute Gasteiger partial charge is 0.258 e. The number of aliphatic hydroxyl groups excluding tert-OH is 3. The van der Waals surface area contributed by atoms with Crippen LogP contribution in [0.1, 0.15) is 92.4 Å². The highest BCUT2D eigenvalue weighted by Crippen LogP contribution is 2.38. The van der Waals surface area contributed by atoms with Gasteiger partial charge in [0.05, 0.1) is 24.9 Å². The van der Waals surface area contributed by atoms with Crippen molar-refractivity contribution in [2.45, 2.75) is 130 Å². The first kappa shape index (κ1) is 42.4. The van der Waals surface area contributed by atoms with E-state index in [9.17, 15) is 24.9 Å². The number of ether oxygens (including phenoxy) is 3. The van der Waals surface area contributed by atoms with Gasteiger partial charge >= 0.3 is 0 Å². The summed E-state index contributed by atoms with van der Waals surface area (Å²) < 4.78 is 25.8. The van der Waals surface area contributed by atoms with Gasteiger partial charge in [0.15, 0.2) is 12.5 Å². The second kappa shape index (κ2) is 17.8. The maximum absolute atomic E-state index is 11.7. The van der Waals surface area contributed by atoms with Gasteiger partial charge in [-0.1, -0.05) is 48.5 Å². The Bertz CT molecular complexity index is 2080. The summed E-state index contributed by atoms with van der Waals surface area (Å²) >= 11 is 0. The number of aryl methyl sites for hydroxylation is 1. The topological polar surface area (TPSA) is 175 Å². The molecule has 3 fully saturated rings. The fraction of sp³-hybridized carbons (Fsp3) is 0.610. The zero-order chi connectivity index (χ0) is 41.3. The van der Waals surface area contributed by atoms with E-state index in [4.69, 9.17) is 14.2 Å². The van der Waals surface area contributed by atoms with Crippen molar-refractivity contribution < 1.29 is 29.5 Å². The Morgan fingerprint density at radius 1 is 0.754 bits per heavy atom. The molecule has 3 N–H and O–H groups in total. The number of aromatic nitrogens is 7. The van der Waals surface area contributed by atoms with Gasteiger partial charge in [-0.15, -0.1) is 0 Å². The second-order valence-electron chi connectivity index (χ2n) is 16.0. The molecule has 0 bridgehead atoms. The molecule has 0 aromatic carbocycles. The van der Waals surface area contributed by atoms with Crippen molar-refractivity contribution in [3.8, 4) is 0 Å². The summed E-state index contributed by atoms with van der Waals surface area (Å²) in [6.45, 7) is 18.1. The highest BCUT2D eigenvalue weighted by Gasteiger charge is 2.44. The minimum atomic E-state index is -1.05. The van der Waals surface area contributed by atoms with Crippen LogP contribution in [0.25, 0.3) is 11.6 Å². The third kappa shape index (κ3) is 8.26. The molecule has 3 aliphatic rings.